The van der Waals surface area contributed by atoms with Crippen molar-refractivity contribution in [3.05, 3.63) is 0 Å². The first-order valence-electron chi connectivity index (χ1n) is 9.10. The lowest BCUT2D eigenvalue weighted by Crippen LogP contribution is -2.48. The third-order valence-corrected chi connectivity index (χ3v) is 6.25. The largest absolute Gasteiger partial charge is 0.389 e. The van der Waals surface area contributed by atoms with Crippen LogP contribution in [0.2, 0.25) is 0 Å². The van der Waals surface area contributed by atoms with Crippen LogP contribution in [0.25, 0.3) is 0 Å². The molecule has 4 saturated carbocycles. The second kappa shape index (κ2) is 6.55. The van der Waals surface area contributed by atoms with E-state index in [1.165, 1.54) is 38.5 Å². The smallest absolute Gasteiger partial charge is 0.0900 e. The molecule has 0 amide bonds. The van der Waals surface area contributed by atoms with Crippen LogP contribution in [0.1, 0.15) is 52.4 Å². The van der Waals surface area contributed by atoms with E-state index < -0.39 is 0 Å². The standard InChI is InChI=1S/C18H33NO2/c1-3-19(4-2)11-17(20)12-21-13-18-8-14-5-15(9-18)7-16(6-14)10-18/h14-17,20H,3-13H2,1-2H3/t14?,15?,16?,17-,18?/m0/s1. The van der Waals surface area contributed by atoms with Gasteiger partial charge >= 0.3 is 0 Å². The molecular formula is C18H33NO2. The second-order valence-corrected chi connectivity index (χ2v) is 8.07. The van der Waals surface area contributed by atoms with Crippen LogP contribution >= 0.6 is 0 Å². The van der Waals surface area contributed by atoms with Gasteiger partial charge in [0.1, 0.15) is 0 Å². The van der Waals surface area contributed by atoms with E-state index in [0.29, 0.717) is 12.0 Å². The molecule has 4 aliphatic carbocycles. The van der Waals surface area contributed by atoms with Gasteiger partial charge in [-0.1, -0.05) is 13.8 Å². The molecule has 4 rings (SSSR count). The summed E-state index contributed by atoms with van der Waals surface area (Å²) < 4.78 is 5.99. The number of aliphatic hydroxyl groups is 1. The molecular weight excluding hydrogens is 262 g/mol. The van der Waals surface area contributed by atoms with Crippen molar-refractivity contribution in [2.75, 3.05) is 32.8 Å². The van der Waals surface area contributed by atoms with Gasteiger partial charge < -0.3 is 14.7 Å². The molecule has 3 heteroatoms. The molecule has 1 N–H and O–H groups in total. The average molecular weight is 295 g/mol. The molecule has 0 aromatic heterocycles. The average Bonchev–Trinajstić information content (AvgIpc) is 2.43. The first kappa shape index (κ1) is 15.8. The molecule has 4 aliphatic rings. The maximum absolute atomic E-state index is 10.1. The van der Waals surface area contributed by atoms with Gasteiger partial charge in [0.2, 0.25) is 0 Å². The minimum atomic E-state index is -0.334. The van der Waals surface area contributed by atoms with E-state index in [4.69, 9.17) is 4.74 Å². The van der Waals surface area contributed by atoms with E-state index in [9.17, 15) is 5.11 Å². The molecule has 1 atom stereocenters. The molecule has 0 unspecified atom stereocenters. The van der Waals surface area contributed by atoms with Crippen LogP contribution in [0.4, 0.5) is 0 Å². The number of likely N-dealkylation sites (N-methyl/N-ethyl adjacent to an activating group) is 1. The maximum atomic E-state index is 10.1. The summed E-state index contributed by atoms with van der Waals surface area (Å²) in [6.07, 6.45) is 8.32. The highest BCUT2D eigenvalue weighted by atomic mass is 16.5. The molecule has 3 nitrogen and oxygen atoms in total. The molecule has 0 aliphatic heterocycles. The summed E-state index contributed by atoms with van der Waals surface area (Å²) in [7, 11) is 0. The van der Waals surface area contributed by atoms with E-state index in [1.54, 1.807) is 0 Å². The highest BCUT2D eigenvalue weighted by Gasteiger charge is 2.50. The van der Waals surface area contributed by atoms with E-state index >= 15 is 0 Å². The quantitative estimate of drug-likeness (QED) is 0.747. The van der Waals surface area contributed by atoms with Crippen LogP contribution in [0, 0.1) is 23.2 Å². The van der Waals surface area contributed by atoms with Gasteiger partial charge in [0, 0.05) is 6.54 Å². The Morgan fingerprint density at radius 3 is 2.05 bits per heavy atom. The van der Waals surface area contributed by atoms with Crippen molar-refractivity contribution >= 4 is 0 Å². The van der Waals surface area contributed by atoms with Gasteiger partial charge in [-0.3, -0.25) is 0 Å². The van der Waals surface area contributed by atoms with Crippen LogP contribution in [0.15, 0.2) is 0 Å². The molecule has 0 spiro atoms. The molecule has 4 bridgehead atoms. The predicted molar refractivity (Wildman–Crippen MR) is 85.2 cm³/mol. The number of nitrogens with zero attached hydrogens (tertiary/aromatic N) is 1. The molecule has 0 saturated heterocycles. The SMILES string of the molecule is CCN(CC)C[C@H](O)COCC12CC3CC(CC(C3)C1)C2. The fraction of sp³-hybridized carbons (Fsp3) is 1.00. The van der Waals surface area contributed by atoms with E-state index in [-0.39, 0.29) is 6.10 Å². The zero-order valence-corrected chi connectivity index (χ0v) is 13.9. The van der Waals surface area contributed by atoms with E-state index in [2.05, 4.69) is 18.7 Å². The summed E-state index contributed by atoms with van der Waals surface area (Å²) in [5.41, 5.74) is 0.476. The number of hydrogen-bond donors (Lipinski definition) is 1. The zero-order valence-electron chi connectivity index (χ0n) is 13.9. The summed E-state index contributed by atoms with van der Waals surface area (Å²) in [6, 6.07) is 0. The van der Waals surface area contributed by atoms with Crippen LogP contribution < -0.4 is 0 Å². The van der Waals surface area contributed by atoms with Gasteiger partial charge in [0.25, 0.3) is 0 Å². The maximum Gasteiger partial charge on any atom is 0.0900 e. The van der Waals surface area contributed by atoms with Crippen molar-refractivity contribution in [1.82, 2.24) is 4.90 Å². The second-order valence-electron chi connectivity index (χ2n) is 8.07. The summed E-state index contributed by atoms with van der Waals surface area (Å²) in [5.74, 6) is 2.96. The normalized spacial score (nSPS) is 39.1. The van der Waals surface area contributed by atoms with Crippen LogP contribution in [-0.4, -0.2) is 49.0 Å². The first-order valence-corrected chi connectivity index (χ1v) is 9.10. The monoisotopic (exact) mass is 295 g/mol. The number of hydrogen-bond acceptors (Lipinski definition) is 3. The van der Waals surface area contributed by atoms with Crippen molar-refractivity contribution in [3.63, 3.8) is 0 Å². The van der Waals surface area contributed by atoms with Gasteiger partial charge in [0.15, 0.2) is 0 Å². The van der Waals surface area contributed by atoms with E-state index in [1.807, 2.05) is 0 Å². The molecule has 0 aromatic carbocycles. The summed E-state index contributed by atoms with van der Waals surface area (Å²) in [4.78, 5) is 2.26. The van der Waals surface area contributed by atoms with Gasteiger partial charge in [-0.2, -0.15) is 0 Å². The Labute approximate surface area is 130 Å². The highest BCUT2D eigenvalue weighted by molar-refractivity contribution is 5.01. The van der Waals surface area contributed by atoms with Gasteiger partial charge in [0.05, 0.1) is 19.3 Å². The number of ether oxygens (including phenoxy) is 1. The van der Waals surface area contributed by atoms with Crippen molar-refractivity contribution in [2.24, 2.45) is 23.2 Å². The Morgan fingerprint density at radius 1 is 1.05 bits per heavy atom. The minimum Gasteiger partial charge on any atom is -0.389 e. The highest BCUT2D eigenvalue weighted by Crippen LogP contribution is 2.59. The third kappa shape index (κ3) is 3.62. The first-order chi connectivity index (χ1) is 10.1. The molecule has 0 aromatic rings. The molecule has 21 heavy (non-hydrogen) atoms. The van der Waals surface area contributed by atoms with Crippen LogP contribution in [0.3, 0.4) is 0 Å². The summed E-state index contributed by atoms with van der Waals surface area (Å²) in [5, 5.41) is 10.1. The Balaban J connectivity index is 1.43. The molecule has 122 valence electrons. The Morgan fingerprint density at radius 2 is 1.57 bits per heavy atom. The van der Waals surface area contributed by atoms with Crippen molar-refractivity contribution < 1.29 is 9.84 Å². The number of rotatable bonds is 8. The molecule has 0 radical (unpaired) electrons. The summed E-state index contributed by atoms with van der Waals surface area (Å²) >= 11 is 0. The van der Waals surface area contributed by atoms with Crippen molar-refractivity contribution in [1.29, 1.82) is 0 Å². The van der Waals surface area contributed by atoms with Crippen LogP contribution in [0.5, 0.6) is 0 Å². The Hall–Kier alpha value is -0.120. The van der Waals surface area contributed by atoms with Gasteiger partial charge in [-0.05, 0) is 74.8 Å². The molecule has 4 fully saturated rings. The predicted octanol–water partition coefficient (Wildman–Crippen LogP) is 2.92. The Bertz CT molecular complexity index is 305. The topological polar surface area (TPSA) is 32.7 Å². The van der Waals surface area contributed by atoms with Crippen molar-refractivity contribution in [3.8, 4) is 0 Å². The molecule has 0 heterocycles. The lowest BCUT2D eigenvalue weighted by Gasteiger charge is -2.56. The van der Waals surface area contributed by atoms with Crippen molar-refractivity contribution in [2.45, 2.75) is 58.5 Å². The van der Waals surface area contributed by atoms with Gasteiger partial charge in [-0.25, -0.2) is 0 Å². The lowest BCUT2D eigenvalue weighted by molar-refractivity contribution is -0.107. The fourth-order valence-corrected chi connectivity index (χ4v) is 5.71. The third-order valence-electron chi connectivity index (χ3n) is 6.25. The lowest BCUT2D eigenvalue weighted by atomic mass is 9.50. The summed E-state index contributed by atoms with van der Waals surface area (Å²) in [6.45, 7) is 8.45. The van der Waals surface area contributed by atoms with E-state index in [0.717, 1.165) is 44.0 Å². The zero-order chi connectivity index (χ0) is 14.9. The van der Waals surface area contributed by atoms with Gasteiger partial charge in [-0.15, -0.1) is 0 Å². The number of aliphatic hydroxyl groups excluding tert-OH is 1. The van der Waals surface area contributed by atoms with Crippen LogP contribution in [-0.2, 0) is 4.74 Å². The fourth-order valence-electron chi connectivity index (χ4n) is 5.71. The minimum absolute atomic E-state index is 0.334. The Kier molecular flexibility index (Phi) is 4.92.